The highest BCUT2D eigenvalue weighted by Crippen LogP contribution is 2.12. The molecular weight excluding hydrogens is 239 g/mol. The number of carboxylic acids is 1. The van der Waals surface area contributed by atoms with Crippen LogP contribution in [-0.4, -0.2) is 23.7 Å². The van der Waals surface area contributed by atoms with Crippen molar-refractivity contribution >= 4 is 18.0 Å². The molecule has 0 fully saturated rings. The number of rotatable bonds is 5. The van der Waals surface area contributed by atoms with Gasteiger partial charge < -0.3 is 9.84 Å². The standard InChI is InChI=1S/C13H13FO4/c1-2-18-13(17)6-5-10-4-3-9(7-11(10)14)8-12(15)16/h3-7H,2,8H2,1H3,(H,15,16). The fourth-order valence-corrected chi connectivity index (χ4v) is 1.34. The second kappa shape index (κ2) is 6.54. The second-order valence-electron chi connectivity index (χ2n) is 3.51. The molecule has 0 amide bonds. The van der Waals surface area contributed by atoms with Crippen LogP contribution in [0.15, 0.2) is 24.3 Å². The minimum atomic E-state index is -1.02. The highest BCUT2D eigenvalue weighted by molar-refractivity contribution is 5.87. The van der Waals surface area contributed by atoms with E-state index in [0.29, 0.717) is 5.56 Å². The summed E-state index contributed by atoms with van der Waals surface area (Å²) in [5.74, 6) is -2.15. The predicted molar refractivity (Wildman–Crippen MR) is 63.4 cm³/mol. The summed E-state index contributed by atoms with van der Waals surface area (Å²) in [6, 6.07) is 4.06. The molecule has 0 aliphatic carbocycles. The molecule has 1 aromatic carbocycles. The average molecular weight is 252 g/mol. The van der Waals surface area contributed by atoms with Crippen molar-refractivity contribution in [2.24, 2.45) is 0 Å². The summed E-state index contributed by atoms with van der Waals surface area (Å²) in [4.78, 5) is 21.5. The van der Waals surface area contributed by atoms with E-state index in [1.165, 1.54) is 18.2 Å². The van der Waals surface area contributed by atoms with Crippen LogP contribution in [0.25, 0.3) is 6.08 Å². The van der Waals surface area contributed by atoms with Crippen molar-refractivity contribution in [2.45, 2.75) is 13.3 Å². The molecule has 1 aromatic rings. The normalized spacial score (nSPS) is 10.6. The minimum absolute atomic E-state index is 0.206. The van der Waals surface area contributed by atoms with Gasteiger partial charge >= 0.3 is 11.9 Å². The SMILES string of the molecule is CCOC(=O)C=Cc1ccc(CC(=O)O)cc1F. The smallest absolute Gasteiger partial charge is 0.330 e. The minimum Gasteiger partial charge on any atom is -0.481 e. The van der Waals surface area contributed by atoms with Crippen LogP contribution in [0.1, 0.15) is 18.1 Å². The van der Waals surface area contributed by atoms with Gasteiger partial charge in [-0.3, -0.25) is 4.79 Å². The maximum atomic E-state index is 13.5. The van der Waals surface area contributed by atoms with Gasteiger partial charge in [0.25, 0.3) is 0 Å². The fraction of sp³-hybridized carbons (Fsp3) is 0.231. The zero-order valence-electron chi connectivity index (χ0n) is 9.85. The molecule has 1 N–H and O–H groups in total. The summed E-state index contributed by atoms with van der Waals surface area (Å²) in [7, 11) is 0. The molecule has 0 spiro atoms. The van der Waals surface area contributed by atoms with Crippen LogP contribution in [0.5, 0.6) is 0 Å². The summed E-state index contributed by atoms with van der Waals surface area (Å²) in [5, 5.41) is 8.56. The van der Waals surface area contributed by atoms with Crippen LogP contribution in [0.2, 0.25) is 0 Å². The number of carboxylic acid groups (broad SMARTS) is 1. The number of benzene rings is 1. The lowest BCUT2D eigenvalue weighted by molar-refractivity contribution is -0.137. The Hall–Kier alpha value is -2.17. The number of halogens is 1. The zero-order chi connectivity index (χ0) is 13.5. The van der Waals surface area contributed by atoms with E-state index >= 15 is 0 Å². The highest BCUT2D eigenvalue weighted by atomic mass is 19.1. The topological polar surface area (TPSA) is 63.6 Å². The van der Waals surface area contributed by atoms with Gasteiger partial charge in [-0.05, 0) is 24.6 Å². The molecular formula is C13H13FO4. The van der Waals surface area contributed by atoms with Gasteiger partial charge in [0.15, 0.2) is 0 Å². The molecule has 0 bridgehead atoms. The van der Waals surface area contributed by atoms with Crippen molar-refractivity contribution in [2.75, 3.05) is 6.61 Å². The molecule has 0 aromatic heterocycles. The van der Waals surface area contributed by atoms with Crippen LogP contribution in [0.4, 0.5) is 4.39 Å². The first kappa shape index (κ1) is 13.9. The van der Waals surface area contributed by atoms with E-state index in [0.717, 1.165) is 12.1 Å². The Kier molecular flexibility index (Phi) is 5.05. The van der Waals surface area contributed by atoms with Gasteiger partial charge in [-0.15, -0.1) is 0 Å². The first-order chi connectivity index (χ1) is 8.52. The molecule has 5 heteroatoms. The van der Waals surface area contributed by atoms with Crippen molar-refractivity contribution in [3.8, 4) is 0 Å². The highest BCUT2D eigenvalue weighted by Gasteiger charge is 2.05. The Morgan fingerprint density at radius 3 is 2.72 bits per heavy atom. The number of hydrogen-bond acceptors (Lipinski definition) is 3. The maximum Gasteiger partial charge on any atom is 0.330 e. The van der Waals surface area contributed by atoms with Gasteiger partial charge in [-0.25, -0.2) is 9.18 Å². The van der Waals surface area contributed by atoms with Crippen molar-refractivity contribution < 1.29 is 23.8 Å². The first-order valence-electron chi connectivity index (χ1n) is 5.38. The summed E-state index contributed by atoms with van der Waals surface area (Å²) < 4.78 is 18.2. The van der Waals surface area contributed by atoms with E-state index in [-0.39, 0.29) is 18.6 Å². The largest absolute Gasteiger partial charge is 0.481 e. The molecule has 4 nitrogen and oxygen atoms in total. The van der Waals surface area contributed by atoms with E-state index in [2.05, 4.69) is 4.74 Å². The molecule has 0 saturated carbocycles. The molecule has 0 saturated heterocycles. The van der Waals surface area contributed by atoms with Crippen molar-refractivity contribution in [1.29, 1.82) is 0 Å². The van der Waals surface area contributed by atoms with Crippen molar-refractivity contribution in [3.05, 3.63) is 41.2 Å². The molecule has 0 heterocycles. The average Bonchev–Trinajstić information content (AvgIpc) is 2.27. The molecule has 0 atom stereocenters. The number of ether oxygens (including phenoxy) is 1. The Labute approximate surface area is 104 Å². The molecule has 0 aliphatic rings. The van der Waals surface area contributed by atoms with E-state index in [1.54, 1.807) is 6.92 Å². The Balaban J connectivity index is 2.79. The van der Waals surface area contributed by atoms with Gasteiger partial charge in [-0.2, -0.15) is 0 Å². The summed E-state index contributed by atoms with van der Waals surface area (Å²) in [6.45, 7) is 1.93. The summed E-state index contributed by atoms with van der Waals surface area (Å²) >= 11 is 0. The lowest BCUT2D eigenvalue weighted by atomic mass is 10.1. The second-order valence-corrected chi connectivity index (χ2v) is 3.51. The fourth-order valence-electron chi connectivity index (χ4n) is 1.34. The third-order valence-electron chi connectivity index (χ3n) is 2.11. The Morgan fingerprint density at radius 1 is 1.44 bits per heavy atom. The third kappa shape index (κ3) is 4.37. The van der Waals surface area contributed by atoms with E-state index in [4.69, 9.17) is 5.11 Å². The van der Waals surface area contributed by atoms with Crippen LogP contribution in [0.3, 0.4) is 0 Å². The molecule has 1 rings (SSSR count). The quantitative estimate of drug-likeness (QED) is 0.643. The van der Waals surface area contributed by atoms with Gasteiger partial charge in [0.2, 0.25) is 0 Å². The molecule has 96 valence electrons. The lowest BCUT2D eigenvalue weighted by Gasteiger charge is -2.01. The predicted octanol–water partition coefficient (Wildman–Crippen LogP) is 2.03. The number of carbonyl (C=O) groups is 2. The maximum absolute atomic E-state index is 13.5. The van der Waals surface area contributed by atoms with Gasteiger partial charge in [0.1, 0.15) is 5.82 Å². The zero-order valence-corrected chi connectivity index (χ0v) is 9.85. The van der Waals surface area contributed by atoms with E-state index in [1.807, 2.05) is 0 Å². The van der Waals surface area contributed by atoms with E-state index < -0.39 is 17.8 Å². The Bertz CT molecular complexity index is 480. The van der Waals surface area contributed by atoms with Crippen molar-refractivity contribution in [1.82, 2.24) is 0 Å². The summed E-state index contributed by atoms with van der Waals surface area (Å²) in [6.07, 6.45) is 2.18. The van der Waals surface area contributed by atoms with Crippen LogP contribution in [0, 0.1) is 5.82 Å². The molecule has 0 aliphatic heterocycles. The number of hydrogen-bond donors (Lipinski definition) is 1. The molecule has 0 unspecified atom stereocenters. The third-order valence-corrected chi connectivity index (χ3v) is 2.11. The van der Waals surface area contributed by atoms with Crippen molar-refractivity contribution in [3.63, 3.8) is 0 Å². The monoisotopic (exact) mass is 252 g/mol. The van der Waals surface area contributed by atoms with Crippen LogP contribution < -0.4 is 0 Å². The van der Waals surface area contributed by atoms with Gasteiger partial charge in [0, 0.05) is 11.6 Å². The van der Waals surface area contributed by atoms with Crippen LogP contribution >= 0.6 is 0 Å². The summed E-state index contributed by atoms with van der Waals surface area (Å²) in [5.41, 5.74) is 0.575. The van der Waals surface area contributed by atoms with Crippen LogP contribution in [-0.2, 0) is 20.7 Å². The number of carbonyl (C=O) groups excluding carboxylic acids is 1. The van der Waals surface area contributed by atoms with Gasteiger partial charge in [0.05, 0.1) is 13.0 Å². The molecule has 18 heavy (non-hydrogen) atoms. The first-order valence-corrected chi connectivity index (χ1v) is 5.38. The number of aliphatic carboxylic acids is 1. The van der Waals surface area contributed by atoms with E-state index in [9.17, 15) is 14.0 Å². The lowest BCUT2D eigenvalue weighted by Crippen LogP contribution is -2.01. The molecule has 0 radical (unpaired) electrons. The number of esters is 1. The Morgan fingerprint density at radius 2 is 2.17 bits per heavy atom. The van der Waals surface area contributed by atoms with Gasteiger partial charge in [-0.1, -0.05) is 12.1 Å².